The van der Waals surface area contributed by atoms with Crippen molar-refractivity contribution in [3.63, 3.8) is 0 Å². The SMILES string of the molecule is C#CCCCNS(=O)(=O)c1ccc(/C=C/C(=O)O)cc1. The second-order valence-corrected chi connectivity index (χ2v) is 5.71. The molecule has 0 unspecified atom stereocenters. The van der Waals surface area contributed by atoms with Gasteiger partial charge in [0.1, 0.15) is 0 Å². The summed E-state index contributed by atoms with van der Waals surface area (Å²) in [7, 11) is -3.55. The molecule has 20 heavy (non-hydrogen) atoms. The highest BCUT2D eigenvalue weighted by Gasteiger charge is 2.12. The molecule has 0 aliphatic heterocycles. The van der Waals surface area contributed by atoms with Gasteiger partial charge in [-0.1, -0.05) is 12.1 Å². The quantitative estimate of drug-likeness (QED) is 0.453. The molecule has 106 valence electrons. The van der Waals surface area contributed by atoms with E-state index in [2.05, 4.69) is 10.6 Å². The third-order valence-electron chi connectivity index (χ3n) is 2.40. The van der Waals surface area contributed by atoms with Crippen molar-refractivity contribution in [1.82, 2.24) is 4.72 Å². The fraction of sp³-hybridized carbons (Fsp3) is 0.214. The van der Waals surface area contributed by atoms with Gasteiger partial charge in [-0.25, -0.2) is 17.9 Å². The van der Waals surface area contributed by atoms with Crippen molar-refractivity contribution in [1.29, 1.82) is 0 Å². The smallest absolute Gasteiger partial charge is 0.328 e. The number of aliphatic carboxylic acids is 1. The van der Waals surface area contributed by atoms with E-state index in [1.165, 1.54) is 30.3 Å². The van der Waals surface area contributed by atoms with E-state index in [0.717, 1.165) is 6.08 Å². The molecule has 0 heterocycles. The van der Waals surface area contributed by atoms with Crippen molar-refractivity contribution in [2.24, 2.45) is 0 Å². The minimum absolute atomic E-state index is 0.130. The number of terminal acetylenes is 1. The Labute approximate surface area is 118 Å². The van der Waals surface area contributed by atoms with Gasteiger partial charge < -0.3 is 5.11 Å². The number of rotatable bonds is 7. The number of carboxylic acids is 1. The molecule has 0 aliphatic rings. The molecule has 1 aromatic carbocycles. The summed E-state index contributed by atoms with van der Waals surface area (Å²) in [6.07, 6.45) is 8.55. The average Bonchev–Trinajstić information content (AvgIpc) is 2.42. The zero-order valence-electron chi connectivity index (χ0n) is 10.7. The number of benzene rings is 1. The van der Waals surface area contributed by atoms with Crippen LogP contribution in [0.5, 0.6) is 0 Å². The van der Waals surface area contributed by atoms with E-state index in [-0.39, 0.29) is 11.4 Å². The number of hydrogen-bond acceptors (Lipinski definition) is 3. The molecule has 5 nitrogen and oxygen atoms in total. The molecule has 0 radical (unpaired) electrons. The Kier molecular flexibility index (Phi) is 5.97. The Bertz CT molecular complexity index is 624. The van der Waals surface area contributed by atoms with Gasteiger partial charge in [-0.05, 0) is 30.2 Å². The molecule has 0 atom stereocenters. The molecule has 2 N–H and O–H groups in total. The highest BCUT2D eigenvalue weighted by atomic mass is 32.2. The molecule has 0 spiro atoms. The van der Waals surface area contributed by atoms with Gasteiger partial charge >= 0.3 is 5.97 Å². The first kappa shape index (κ1) is 16.0. The van der Waals surface area contributed by atoms with Crippen LogP contribution in [0.4, 0.5) is 0 Å². The Balaban J connectivity index is 2.72. The number of unbranched alkanes of at least 4 members (excludes halogenated alkanes) is 1. The van der Waals surface area contributed by atoms with Gasteiger partial charge in [0.15, 0.2) is 0 Å². The maximum atomic E-state index is 11.9. The monoisotopic (exact) mass is 293 g/mol. The van der Waals surface area contributed by atoms with E-state index in [0.29, 0.717) is 18.4 Å². The van der Waals surface area contributed by atoms with E-state index in [1.807, 2.05) is 0 Å². The molecular formula is C14H15NO4S. The van der Waals surface area contributed by atoms with Gasteiger partial charge in [-0.2, -0.15) is 0 Å². The van der Waals surface area contributed by atoms with Crippen LogP contribution >= 0.6 is 0 Å². The van der Waals surface area contributed by atoms with Crippen molar-refractivity contribution < 1.29 is 18.3 Å². The van der Waals surface area contributed by atoms with Crippen LogP contribution in [-0.4, -0.2) is 26.0 Å². The molecule has 6 heteroatoms. The molecule has 0 saturated carbocycles. The summed E-state index contributed by atoms with van der Waals surface area (Å²) in [6.45, 7) is 0.285. The molecule has 0 aromatic heterocycles. The van der Waals surface area contributed by atoms with E-state index < -0.39 is 16.0 Å². The van der Waals surface area contributed by atoms with Crippen LogP contribution in [0.3, 0.4) is 0 Å². The van der Waals surface area contributed by atoms with Crippen molar-refractivity contribution in [3.05, 3.63) is 35.9 Å². The summed E-state index contributed by atoms with van der Waals surface area (Å²) < 4.78 is 26.2. The van der Waals surface area contributed by atoms with Gasteiger partial charge in [-0.3, -0.25) is 0 Å². The lowest BCUT2D eigenvalue weighted by molar-refractivity contribution is -0.131. The lowest BCUT2D eigenvalue weighted by atomic mass is 10.2. The van der Waals surface area contributed by atoms with Gasteiger partial charge in [0.25, 0.3) is 0 Å². The molecule has 0 aliphatic carbocycles. The summed E-state index contributed by atoms with van der Waals surface area (Å²) >= 11 is 0. The topological polar surface area (TPSA) is 83.5 Å². The second-order valence-electron chi connectivity index (χ2n) is 3.95. The van der Waals surface area contributed by atoms with Crippen LogP contribution in [0.25, 0.3) is 6.08 Å². The predicted molar refractivity (Wildman–Crippen MR) is 76.4 cm³/mol. The number of carboxylic acid groups (broad SMARTS) is 1. The molecule has 0 bridgehead atoms. The lowest BCUT2D eigenvalue weighted by Gasteiger charge is -2.06. The maximum absolute atomic E-state index is 11.9. The fourth-order valence-corrected chi connectivity index (χ4v) is 2.48. The summed E-state index contributed by atoms with van der Waals surface area (Å²) in [5, 5.41) is 8.49. The van der Waals surface area contributed by atoms with Crippen molar-refractivity contribution >= 4 is 22.1 Å². The highest BCUT2D eigenvalue weighted by Crippen LogP contribution is 2.11. The summed E-state index contributed by atoms with van der Waals surface area (Å²) in [4.78, 5) is 10.5. The van der Waals surface area contributed by atoms with Crippen LogP contribution in [0.2, 0.25) is 0 Å². The van der Waals surface area contributed by atoms with E-state index in [9.17, 15) is 13.2 Å². The fourth-order valence-electron chi connectivity index (χ4n) is 1.41. The molecule has 0 fully saturated rings. The number of hydrogen-bond donors (Lipinski definition) is 2. The lowest BCUT2D eigenvalue weighted by Crippen LogP contribution is -2.24. The normalized spacial score (nSPS) is 11.3. The summed E-state index contributed by atoms with van der Waals surface area (Å²) in [5.74, 6) is 1.38. The summed E-state index contributed by atoms with van der Waals surface area (Å²) in [5.41, 5.74) is 0.610. The predicted octanol–water partition coefficient (Wildman–Crippen LogP) is 1.48. The Morgan fingerprint density at radius 2 is 2.00 bits per heavy atom. The van der Waals surface area contributed by atoms with E-state index in [4.69, 9.17) is 11.5 Å². The molecule has 1 aromatic rings. The molecule has 1 rings (SSSR count). The number of carbonyl (C=O) groups is 1. The third-order valence-corrected chi connectivity index (χ3v) is 3.88. The van der Waals surface area contributed by atoms with Gasteiger partial charge in [0, 0.05) is 19.0 Å². The van der Waals surface area contributed by atoms with Crippen molar-refractivity contribution in [2.75, 3.05) is 6.54 Å². The number of nitrogens with one attached hydrogen (secondary N) is 1. The van der Waals surface area contributed by atoms with Gasteiger partial charge in [0.05, 0.1) is 4.90 Å². The largest absolute Gasteiger partial charge is 0.478 e. The van der Waals surface area contributed by atoms with E-state index >= 15 is 0 Å². The van der Waals surface area contributed by atoms with Crippen molar-refractivity contribution in [2.45, 2.75) is 17.7 Å². The van der Waals surface area contributed by atoms with Crippen LogP contribution in [-0.2, 0) is 14.8 Å². The average molecular weight is 293 g/mol. The molecule has 0 saturated heterocycles. The minimum Gasteiger partial charge on any atom is -0.478 e. The van der Waals surface area contributed by atoms with Crippen molar-refractivity contribution in [3.8, 4) is 12.3 Å². The third kappa shape index (κ3) is 5.26. The molecular weight excluding hydrogens is 278 g/mol. The van der Waals surface area contributed by atoms with Crippen LogP contribution < -0.4 is 4.72 Å². The highest BCUT2D eigenvalue weighted by molar-refractivity contribution is 7.89. The van der Waals surface area contributed by atoms with Gasteiger partial charge in [0.2, 0.25) is 10.0 Å². The Morgan fingerprint density at radius 3 is 2.55 bits per heavy atom. The summed E-state index contributed by atoms with van der Waals surface area (Å²) in [6, 6.07) is 5.92. The zero-order valence-corrected chi connectivity index (χ0v) is 11.6. The Hall–Kier alpha value is -2.10. The first-order chi connectivity index (χ1) is 9.45. The standard InChI is InChI=1S/C14H15NO4S/c1-2-3-4-11-15-20(18,19)13-8-5-12(6-9-13)7-10-14(16)17/h1,5-10,15H,3-4,11H2,(H,16,17)/b10-7+. The van der Waals surface area contributed by atoms with Gasteiger partial charge in [-0.15, -0.1) is 12.3 Å². The first-order valence-corrected chi connectivity index (χ1v) is 7.38. The number of sulfonamides is 1. The van der Waals surface area contributed by atoms with Crippen LogP contribution in [0.15, 0.2) is 35.2 Å². The minimum atomic E-state index is -3.55. The van der Waals surface area contributed by atoms with Crippen LogP contribution in [0.1, 0.15) is 18.4 Å². The Morgan fingerprint density at radius 1 is 1.35 bits per heavy atom. The van der Waals surface area contributed by atoms with E-state index in [1.54, 1.807) is 0 Å². The zero-order chi connectivity index (χ0) is 15.0. The van der Waals surface area contributed by atoms with Crippen LogP contribution in [0, 0.1) is 12.3 Å². The maximum Gasteiger partial charge on any atom is 0.328 e. The second kappa shape index (κ2) is 7.48. The molecule has 0 amide bonds. The first-order valence-electron chi connectivity index (χ1n) is 5.90.